The van der Waals surface area contributed by atoms with Crippen molar-refractivity contribution in [2.45, 2.75) is 141 Å². The summed E-state index contributed by atoms with van der Waals surface area (Å²) in [4.78, 5) is 71.8. The number of ketones is 2. The lowest BCUT2D eigenvalue weighted by molar-refractivity contribution is -0.295. The lowest BCUT2D eigenvalue weighted by Crippen LogP contribution is -2.60. The highest BCUT2D eigenvalue weighted by molar-refractivity contribution is 6.00. The molecule has 0 radical (unpaired) electrons. The average molecular weight is 867 g/mol. The first kappa shape index (κ1) is 48.8. The highest BCUT2D eigenvalue weighted by Crippen LogP contribution is 2.44. The maximum atomic E-state index is 14.8. The maximum Gasteiger partial charge on any atom is 0.411 e. The number of carbonyl (C=O) groups excluding carboxylic acids is 4. The summed E-state index contributed by atoms with van der Waals surface area (Å²) in [5.41, 5.74) is -1.20. The van der Waals surface area contributed by atoms with Crippen LogP contribution in [0.25, 0.3) is 11.3 Å². The third-order valence-electron chi connectivity index (χ3n) is 13.4. The van der Waals surface area contributed by atoms with E-state index in [-0.39, 0.29) is 37.3 Å². The number of ether oxygens (including phenoxy) is 5. The van der Waals surface area contributed by atoms with Crippen LogP contribution in [0.2, 0.25) is 0 Å². The Morgan fingerprint density at radius 2 is 1.69 bits per heavy atom. The number of aromatic nitrogens is 3. The Morgan fingerprint density at radius 3 is 2.29 bits per heavy atom. The number of hydrogen-bond acceptors (Lipinski definition) is 14. The highest BCUT2D eigenvalue weighted by Gasteiger charge is 2.61. The quantitative estimate of drug-likeness (QED) is 0.121. The standard InChI is InChI=1S/C46H70N6O10/c1-14-35-46(15-2)40(52(44(57)62-46)21-17-16-20-51-25-33(48-26-51)32-18-19-36(47-24-32)50(11)12)29(5)37(53)27(3)23-45(8,58-13)41(30(6)38(54)31(7)42(56)60-35)61-43-39(55)34(49(9)10)22-28(4)59-43/h15,18-19,24-31,34-35,39-41,43,55H,2,14,16-17,20-23H2,1,3-13H3/t27-,28-,29+,30+,31-,34+,35-,39-,40-,41-,43+,45-,46-/m1/s1. The second kappa shape index (κ2) is 20.1. The molecule has 3 aliphatic rings. The van der Waals surface area contributed by atoms with Gasteiger partial charge >= 0.3 is 12.1 Å². The van der Waals surface area contributed by atoms with E-state index in [0.29, 0.717) is 25.8 Å². The molecule has 1 amide bonds. The normalized spacial score (nSPS) is 35.0. The fourth-order valence-corrected chi connectivity index (χ4v) is 9.69. The molecule has 0 spiro atoms. The molecule has 0 unspecified atom stereocenters. The first-order chi connectivity index (χ1) is 29.2. The van der Waals surface area contributed by atoms with Crippen LogP contribution in [0.5, 0.6) is 0 Å². The van der Waals surface area contributed by atoms with E-state index in [2.05, 4.69) is 16.5 Å². The maximum absolute atomic E-state index is 14.8. The van der Waals surface area contributed by atoms with Crippen molar-refractivity contribution in [3.63, 3.8) is 0 Å². The van der Waals surface area contributed by atoms with E-state index in [4.69, 9.17) is 23.7 Å². The van der Waals surface area contributed by atoms with E-state index in [9.17, 15) is 24.3 Å². The number of pyridine rings is 1. The first-order valence-corrected chi connectivity index (χ1v) is 22.0. The number of aliphatic hydroxyl groups is 1. The number of aryl methyl sites for hydroxylation is 1. The zero-order chi connectivity index (χ0) is 45.8. The van der Waals surface area contributed by atoms with Gasteiger partial charge in [0, 0.05) is 76.0 Å². The zero-order valence-corrected chi connectivity index (χ0v) is 38.8. The Bertz CT molecular complexity index is 1890. The Labute approximate surface area is 367 Å². The molecule has 2 aromatic rings. The summed E-state index contributed by atoms with van der Waals surface area (Å²) in [6, 6.07) is 2.73. The fourth-order valence-electron chi connectivity index (χ4n) is 9.69. The molecule has 1 N–H and O–H groups in total. The number of carbonyl (C=O) groups is 4. The van der Waals surface area contributed by atoms with Crippen LogP contribution in [0.4, 0.5) is 10.6 Å². The number of rotatable bonds is 13. The van der Waals surface area contributed by atoms with Crippen LogP contribution in [0.3, 0.4) is 0 Å². The second-order valence-electron chi connectivity index (χ2n) is 18.3. The van der Waals surface area contributed by atoms with Crippen molar-refractivity contribution < 1.29 is 48.0 Å². The van der Waals surface area contributed by atoms with Gasteiger partial charge in [0.2, 0.25) is 0 Å². The lowest BCUT2D eigenvalue weighted by atomic mass is 9.72. The third kappa shape index (κ3) is 9.94. The summed E-state index contributed by atoms with van der Waals surface area (Å²) in [5.74, 6) is -4.38. The van der Waals surface area contributed by atoms with E-state index >= 15 is 0 Å². The van der Waals surface area contributed by atoms with E-state index in [1.165, 1.54) is 20.1 Å². The molecule has 0 aliphatic carbocycles. The minimum absolute atomic E-state index is 0.103. The number of imidazole rings is 1. The van der Waals surface area contributed by atoms with E-state index < -0.39 is 83.4 Å². The Kier molecular flexibility index (Phi) is 15.8. The molecule has 16 heteroatoms. The van der Waals surface area contributed by atoms with E-state index in [0.717, 1.165) is 17.1 Å². The number of unbranched alkanes of at least 4 members (excludes halogenated alkanes) is 1. The molecule has 3 fully saturated rings. The number of Topliss-reactive ketones (excluding diaryl/α,β-unsaturated/α-hetero) is 2. The number of cyclic esters (lactones) is 1. The van der Waals surface area contributed by atoms with Crippen molar-refractivity contribution >= 4 is 29.4 Å². The van der Waals surface area contributed by atoms with Gasteiger partial charge < -0.3 is 43.2 Å². The summed E-state index contributed by atoms with van der Waals surface area (Å²) >= 11 is 0. The number of esters is 1. The van der Waals surface area contributed by atoms with Crippen LogP contribution in [0, 0.1) is 23.7 Å². The van der Waals surface area contributed by atoms with Gasteiger partial charge in [0.1, 0.15) is 29.7 Å². The van der Waals surface area contributed by atoms with Gasteiger partial charge in [0.15, 0.2) is 17.7 Å². The highest BCUT2D eigenvalue weighted by atomic mass is 16.7. The number of anilines is 1. The molecule has 0 saturated carbocycles. The smallest absolute Gasteiger partial charge is 0.411 e. The fraction of sp³-hybridized carbons (Fsp3) is 0.696. The minimum Gasteiger partial charge on any atom is -0.457 e. The Hall–Kier alpha value is -4.22. The van der Waals surface area contributed by atoms with Gasteiger partial charge in [-0.3, -0.25) is 19.3 Å². The van der Waals surface area contributed by atoms with Crippen molar-refractivity contribution in [1.29, 1.82) is 0 Å². The van der Waals surface area contributed by atoms with Crippen molar-refractivity contribution in [2.75, 3.05) is 46.7 Å². The molecule has 344 valence electrons. The SMILES string of the molecule is C=C[C@]12OC(=O)N(CCCCn3cnc(-c4ccc(N(C)C)nc4)c3)[C@@H]1[C@@H](C)C(=O)[C@H](C)C[C@@](C)(OC)[C@H](O[C@@H]1O[C@H](C)C[C@H](N(C)C)[C@H]1O)[C@@H](C)C(=O)[C@@H](C)C(=O)O[C@@H]2CC. The molecule has 3 aliphatic heterocycles. The number of nitrogens with zero attached hydrogens (tertiary/aromatic N) is 6. The van der Waals surface area contributed by atoms with Crippen LogP contribution in [0.1, 0.15) is 80.6 Å². The van der Waals surface area contributed by atoms with Gasteiger partial charge in [0.25, 0.3) is 0 Å². The molecule has 2 aromatic heterocycles. The molecule has 0 aromatic carbocycles. The number of aliphatic hydroxyl groups excluding tert-OH is 1. The molecule has 5 rings (SSSR count). The number of amides is 1. The number of fused-ring (bicyclic) bond motifs is 1. The Balaban J connectivity index is 1.43. The predicted octanol–water partition coefficient (Wildman–Crippen LogP) is 5.16. The van der Waals surface area contributed by atoms with Crippen LogP contribution >= 0.6 is 0 Å². The zero-order valence-electron chi connectivity index (χ0n) is 38.8. The van der Waals surface area contributed by atoms with Gasteiger partial charge in [-0.1, -0.05) is 34.3 Å². The molecule has 62 heavy (non-hydrogen) atoms. The molecule has 5 heterocycles. The lowest BCUT2D eigenvalue weighted by Gasteiger charge is -2.47. The summed E-state index contributed by atoms with van der Waals surface area (Å²) in [5, 5.41) is 11.5. The topological polar surface area (TPSA) is 175 Å². The average Bonchev–Trinajstić information content (AvgIpc) is 3.84. The molecule has 13 atom stereocenters. The molecule has 3 saturated heterocycles. The number of methoxy groups -OCH3 is 1. The number of likely N-dealkylation sites (N-methyl/N-ethyl adjacent to an activating group) is 1. The van der Waals surface area contributed by atoms with Gasteiger partial charge in [-0.2, -0.15) is 0 Å². The van der Waals surface area contributed by atoms with Crippen LogP contribution < -0.4 is 4.90 Å². The largest absolute Gasteiger partial charge is 0.457 e. The minimum atomic E-state index is -1.60. The monoisotopic (exact) mass is 867 g/mol. The summed E-state index contributed by atoms with van der Waals surface area (Å²) < 4.78 is 33.3. The molecular formula is C46H70N6O10. The number of hydrogen-bond donors (Lipinski definition) is 1. The predicted molar refractivity (Wildman–Crippen MR) is 233 cm³/mol. The van der Waals surface area contributed by atoms with Crippen molar-refractivity contribution in [2.24, 2.45) is 23.7 Å². The van der Waals surface area contributed by atoms with Crippen LogP contribution in [-0.4, -0.2) is 149 Å². The van der Waals surface area contributed by atoms with Crippen molar-refractivity contribution in [1.82, 2.24) is 24.3 Å². The first-order valence-electron chi connectivity index (χ1n) is 22.0. The van der Waals surface area contributed by atoms with Crippen molar-refractivity contribution in [3.05, 3.63) is 43.5 Å². The van der Waals surface area contributed by atoms with Gasteiger partial charge in [-0.15, -0.1) is 0 Å². The van der Waals surface area contributed by atoms with Gasteiger partial charge in [0.05, 0.1) is 35.9 Å². The van der Waals surface area contributed by atoms with Gasteiger partial charge in [-0.25, -0.2) is 14.8 Å². The van der Waals surface area contributed by atoms with Gasteiger partial charge in [-0.05, 0) is 85.2 Å². The Morgan fingerprint density at radius 1 is 1.00 bits per heavy atom. The molecular weight excluding hydrogens is 797 g/mol. The summed E-state index contributed by atoms with van der Waals surface area (Å²) in [7, 11) is 9.10. The second-order valence-corrected chi connectivity index (χ2v) is 18.3. The van der Waals surface area contributed by atoms with E-state index in [1.807, 2.05) is 67.8 Å². The van der Waals surface area contributed by atoms with Crippen molar-refractivity contribution in [3.8, 4) is 11.3 Å². The third-order valence-corrected chi connectivity index (χ3v) is 13.4. The summed E-state index contributed by atoms with van der Waals surface area (Å²) in [6.45, 7) is 17.1. The van der Waals surface area contributed by atoms with Crippen LogP contribution in [-0.2, 0) is 44.6 Å². The van der Waals surface area contributed by atoms with Crippen LogP contribution in [0.15, 0.2) is 43.5 Å². The molecule has 16 nitrogen and oxygen atoms in total. The molecule has 0 bridgehead atoms. The summed E-state index contributed by atoms with van der Waals surface area (Å²) in [6.07, 6.45) is 3.85. The van der Waals surface area contributed by atoms with E-state index in [1.54, 1.807) is 52.0 Å².